The molecule has 1 fully saturated rings. The van der Waals surface area contributed by atoms with Crippen LogP contribution in [0.5, 0.6) is 0 Å². The molecular weight excluding hydrogens is 340 g/mol. The Kier molecular flexibility index (Phi) is 5.78. The number of carbonyl (C=O) groups excluding carboxylic acids is 2. The van der Waals surface area contributed by atoms with E-state index in [1.54, 1.807) is 4.90 Å². The molecule has 27 heavy (non-hydrogen) atoms. The molecule has 2 heterocycles. The van der Waals surface area contributed by atoms with Crippen molar-refractivity contribution < 1.29 is 14.3 Å². The molecule has 0 saturated carbocycles. The van der Waals surface area contributed by atoms with E-state index in [9.17, 15) is 9.59 Å². The highest BCUT2D eigenvalue weighted by Gasteiger charge is 2.46. The van der Waals surface area contributed by atoms with Crippen LogP contribution in [0.3, 0.4) is 0 Å². The van der Waals surface area contributed by atoms with Crippen LogP contribution < -0.4 is 0 Å². The number of carbonyl (C=O) groups is 2. The lowest BCUT2D eigenvalue weighted by Crippen LogP contribution is -2.52. The summed E-state index contributed by atoms with van der Waals surface area (Å²) in [6.45, 7) is 10.6. The molecular formula is C22H32N2O3. The summed E-state index contributed by atoms with van der Waals surface area (Å²) in [4.78, 5) is 29.6. The minimum Gasteiger partial charge on any atom is -0.447 e. The summed E-state index contributed by atoms with van der Waals surface area (Å²) in [7, 11) is 0. The number of nitrogens with zero attached hydrogens (tertiary/aromatic N) is 2. The standard InChI is InChI=1S/C22H32N2O3/c1-16(2)14-24-15-19-8-6-5-7-18(19)13-22(20(24)25)9-11-23(12-10-22)21(26)27-17(3)4/h5-8,16-17H,9-15H2,1-4H3. The summed E-state index contributed by atoms with van der Waals surface area (Å²) >= 11 is 0. The van der Waals surface area contributed by atoms with Crippen molar-refractivity contribution >= 4 is 12.0 Å². The van der Waals surface area contributed by atoms with E-state index in [0.29, 0.717) is 38.4 Å². The van der Waals surface area contributed by atoms with Gasteiger partial charge in [0.25, 0.3) is 0 Å². The largest absolute Gasteiger partial charge is 0.447 e. The lowest BCUT2D eigenvalue weighted by molar-refractivity contribution is -0.145. The van der Waals surface area contributed by atoms with Crippen LogP contribution in [0.1, 0.15) is 51.7 Å². The van der Waals surface area contributed by atoms with Crippen LogP contribution in [0.2, 0.25) is 0 Å². The van der Waals surface area contributed by atoms with Crippen molar-refractivity contribution in [2.75, 3.05) is 19.6 Å². The number of ether oxygens (including phenoxy) is 1. The van der Waals surface area contributed by atoms with Gasteiger partial charge >= 0.3 is 6.09 Å². The van der Waals surface area contributed by atoms with Crippen molar-refractivity contribution in [3.63, 3.8) is 0 Å². The van der Waals surface area contributed by atoms with Crippen LogP contribution in [0.25, 0.3) is 0 Å². The van der Waals surface area contributed by atoms with Gasteiger partial charge in [0, 0.05) is 26.2 Å². The molecule has 0 atom stereocenters. The Hall–Kier alpha value is -2.04. The molecule has 0 unspecified atom stereocenters. The van der Waals surface area contributed by atoms with E-state index in [0.717, 1.165) is 13.0 Å². The second-order valence-electron chi connectivity index (χ2n) is 8.72. The lowest BCUT2D eigenvalue weighted by atomic mass is 9.73. The minimum atomic E-state index is -0.407. The van der Waals surface area contributed by atoms with Gasteiger partial charge in [-0.2, -0.15) is 0 Å². The van der Waals surface area contributed by atoms with E-state index in [-0.39, 0.29) is 18.1 Å². The quantitative estimate of drug-likeness (QED) is 0.810. The fourth-order valence-corrected chi connectivity index (χ4v) is 4.31. The summed E-state index contributed by atoms with van der Waals surface area (Å²) in [5.41, 5.74) is 2.12. The van der Waals surface area contributed by atoms with Crippen LogP contribution in [-0.2, 0) is 22.5 Å². The van der Waals surface area contributed by atoms with Gasteiger partial charge in [-0.1, -0.05) is 38.1 Å². The predicted octanol–water partition coefficient (Wildman–Crippen LogP) is 3.85. The maximum Gasteiger partial charge on any atom is 0.410 e. The number of amides is 2. The highest BCUT2D eigenvalue weighted by molar-refractivity contribution is 5.84. The summed E-state index contributed by atoms with van der Waals surface area (Å²) in [6, 6.07) is 8.41. The van der Waals surface area contributed by atoms with Gasteiger partial charge in [0.1, 0.15) is 0 Å². The van der Waals surface area contributed by atoms with Crippen molar-refractivity contribution in [1.82, 2.24) is 9.80 Å². The Morgan fingerprint density at radius 3 is 2.33 bits per heavy atom. The molecule has 1 aromatic rings. The second-order valence-corrected chi connectivity index (χ2v) is 8.72. The number of likely N-dealkylation sites (tertiary alicyclic amines) is 1. The van der Waals surface area contributed by atoms with Gasteiger partial charge in [0.15, 0.2) is 0 Å². The summed E-state index contributed by atoms with van der Waals surface area (Å²) in [5, 5.41) is 0. The molecule has 1 aromatic carbocycles. The van der Waals surface area contributed by atoms with E-state index >= 15 is 0 Å². The molecule has 2 amide bonds. The molecule has 148 valence electrons. The zero-order valence-corrected chi connectivity index (χ0v) is 17.0. The van der Waals surface area contributed by atoms with Crippen LogP contribution >= 0.6 is 0 Å². The number of hydrogen-bond acceptors (Lipinski definition) is 3. The maximum atomic E-state index is 13.6. The van der Waals surface area contributed by atoms with E-state index < -0.39 is 5.41 Å². The Balaban J connectivity index is 1.83. The second kappa shape index (κ2) is 7.91. The van der Waals surface area contributed by atoms with Gasteiger partial charge in [-0.3, -0.25) is 4.79 Å². The Morgan fingerprint density at radius 2 is 1.74 bits per heavy atom. The number of benzene rings is 1. The molecule has 2 aliphatic heterocycles. The fourth-order valence-electron chi connectivity index (χ4n) is 4.31. The summed E-state index contributed by atoms with van der Waals surface area (Å²) in [6.07, 6.45) is 1.77. The Morgan fingerprint density at radius 1 is 1.11 bits per heavy atom. The lowest BCUT2D eigenvalue weighted by Gasteiger charge is -2.42. The summed E-state index contributed by atoms with van der Waals surface area (Å²) in [5.74, 6) is 0.682. The van der Waals surface area contributed by atoms with Gasteiger partial charge in [-0.15, -0.1) is 0 Å². The molecule has 3 rings (SSSR count). The normalized spacial score (nSPS) is 19.4. The Bertz CT molecular complexity index is 691. The number of hydrogen-bond donors (Lipinski definition) is 0. The Labute approximate surface area is 162 Å². The number of fused-ring (bicyclic) bond motifs is 1. The highest BCUT2D eigenvalue weighted by Crippen LogP contribution is 2.40. The van der Waals surface area contributed by atoms with E-state index in [2.05, 4.69) is 38.1 Å². The molecule has 2 aliphatic rings. The van der Waals surface area contributed by atoms with E-state index in [4.69, 9.17) is 4.74 Å². The fraction of sp³-hybridized carbons (Fsp3) is 0.636. The first-order valence-electron chi connectivity index (χ1n) is 10.1. The molecule has 0 aliphatic carbocycles. The van der Waals surface area contributed by atoms with Gasteiger partial charge in [0.05, 0.1) is 11.5 Å². The average molecular weight is 373 g/mol. The van der Waals surface area contributed by atoms with Gasteiger partial charge < -0.3 is 14.5 Å². The minimum absolute atomic E-state index is 0.124. The molecule has 1 saturated heterocycles. The topological polar surface area (TPSA) is 49.9 Å². The van der Waals surface area contributed by atoms with E-state index in [1.807, 2.05) is 18.7 Å². The van der Waals surface area contributed by atoms with Crippen molar-refractivity contribution in [3.05, 3.63) is 35.4 Å². The average Bonchev–Trinajstić information content (AvgIpc) is 2.71. The monoisotopic (exact) mass is 372 g/mol. The van der Waals surface area contributed by atoms with Gasteiger partial charge in [-0.25, -0.2) is 4.79 Å². The number of rotatable bonds is 3. The molecule has 0 N–H and O–H groups in total. The molecule has 5 heteroatoms. The van der Waals surface area contributed by atoms with Crippen LogP contribution in [0, 0.1) is 11.3 Å². The van der Waals surface area contributed by atoms with E-state index in [1.165, 1.54) is 11.1 Å². The maximum absolute atomic E-state index is 13.6. The van der Waals surface area contributed by atoms with Crippen LogP contribution in [0.4, 0.5) is 4.79 Å². The predicted molar refractivity (Wildman–Crippen MR) is 105 cm³/mol. The first-order chi connectivity index (χ1) is 12.8. The molecule has 0 aromatic heterocycles. The van der Waals surface area contributed by atoms with Crippen molar-refractivity contribution in [1.29, 1.82) is 0 Å². The highest BCUT2D eigenvalue weighted by atomic mass is 16.6. The molecule has 0 radical (unpaired) electrons. The van der Waals surface area contributed by atoms with Gasteiger partial charge in [0.2, 0.25) is 5.91 Å². The third-order valence-electron chi connectivity index (χ3n) is 5.65. The zero-order chi connectivity index (χ0) is 19.6. The van der Waals surface area contributed by atoms with Gasteiger partial charge in [-0.05, 0) is 50.2 Å². The molecule has 0 bridgehead atoms. The smallest absolute Gasteiger partial charge is 0.410 e. The van der Waals surface area contributed by atoms with Crippen molar-refractivity contribution in [2.24, 2.45) is 11.3 Å². The molecule has 1 spiro atoms. The zero-order valence-electron chi connectivity index (χ0n) is 17.0. The summed E-state index contributed by atoms with van der Waals surface area (Å²) < 4.78 is 5.34. The first-order valence-corrected chi connectivity index (χ1v) is 10.1. The number of piperidine rings is 1. The van der Waals surface area contributed by atoms with Crippen LogP contribution in [0.15, 0.2) is 24.3 Å². The van der Waals surface area contributed by atoms with Crippen molar-refractivity contribution in [2.45, 2.75) is 59.6 Å². The third-order valence-corrected chi connectivity index (χ3v) is 5.65. The van der Waals surface area contributed by atoms with Crippen molar-refractivity contribution in [3.8, 4) is 0 Å². The van der Waals surface area contributed by atoms with Crippen LogP contribution in [-0.4, -0.2) is 47.5 Å². The molecule has 5 nitrogen and oxygen atoms in total. The SMILES string of the molecule is CC(C)CN1Cc2ccccc2CC2(CCN(C(=O)OC(C)C)CC2)C1=O. The first kappa shape index (κ1) is 19.7. The third kappa shape index (κ3) is 4.28.